The lowest BCUT2D eigenvalue weighted by Crippen LogP contribution is -2.51. The van der Waals surface area contributed by atoms with Gasteiger partial charge in [-0.15, -0.1) is 0 Å². The maximum Gasteiger partial charge on any atom is 0.305 e. The van der Waals surface area contributed by atoms with Gasteiger partial charge in [0.25, 0.3) is 11.8 Å². The first-order valence-corrected chi connectivity index (χ1v) is 15.9. The lowest BCUT2D eigenvalue weighted by Gasteiger charge is -2.47. The molecule has 0 saturated heterocycles. The van der Waals surface area contributed by atoms with E-state index >= 15 is 0 Å². The van der Waals surface area contributed by atoms with Crippen molar-refractivity contribution >= 4 is 46.7 Å². The SMILES string of the molecule is CC(C)CC(c1ccc(C(=O)N[C@H](C)CC(=O)O)cc1)N1C(=O)C(c2cc(Cl)cc(Cl)c2)=NC12CCC(C(C)(C)C)CC2. The molecule has 43 heavy (non-hydrogen) atoms. The normalized spacial score (nSPS) is 22.1. The molecule has 7 nitrogen and oxygen atoms in total. The molecule has 232 valence electrons. The summed E-state index contributed by atoms with van der Waals surface area (Å²) in [5, 5.41) is 12.7. The number of amides is 2. The van der Waals surface area contributed by atoms with E-state index in [2.05, 4.69) is 39.9 Å². The second-order valence-corrected chi connectivity index (χ2v) is 14.5. The van der Waals surface area contributed by atoms with Gasteiger partial charge in [-0.05, 0) is 92.2 Å². The van der Waals surface area contributed by atoms with E-state index in [1.807, 2.05) is 17.0 Å². The molecule has 2 aromatic carbocycles. The van der Waals surface area contributed by atoms with Crippen LogP contribution in [-0.4, -0.2) is 45.2 Å². The van der Waals surface area contributed by atoms with Gasteiger partial charge in [0.2, 0.25) is 0 Å². The average Bonchev–Trinajstić information content (AvgIpc) is 3.17. The fraction of sp³-hybridized carbons (Fsp3) is 0.529. The Morgan fingerprint density at radius 2 is 1.63 bits per heavy atom. The summed E-state index contributed by atoms with van der Waals surface area (Å²) in [6, 6.07) is 11.7. The summed E-state index contributed by atoms with van der Waals surface area (Å²) in [5.74, 6) is -0.631. The first-order chi connectivity index (χ1) is 20.1. The number of aliphatic imine (C=N–C) groups is 1. The molecule has 1 spiro atoms. The first-order valence-electron chi connectivity index (χ1n) is 15.1. The van der Waals surface area contributed by atoms with Crippen LogP contribution in [0.25, 0.3) is 0 Å². The Balaban J connectivity index is 1.72. The summed E-state index contributed by atoms with van der Waals surface area (Å²) in [6.07, 6.45) is 4.00. The summed E-state index contributed by atoms with van der Waals surface area (Å²) in [5.41, 5.74) is 1.84. The molecule has 4 rings (SSSR count). The van der Waals surface area contributed by atoms with E-state index in [0.717, 1.165) is 37.7 Å². The molecule has 2 amide bonds. The van der Waals surface area contributed by atoms with Crippen molar-refractivity contribution in [2.45, 2.75) is 97.8 Å². The Hall–Kier alpha value is -2.90. The van der Waals surface area contributed by atoms with Gasteiger partial charge < -0.3 is 15.3 Å². The number of carbonyl (C=O) groups excluding carboxylic acids is 2. The minimum Gasteiger partial charge on any atom is -0.481 e. The molecule has 0 aromatic heterocycles. The first kappa shape index (κ1) is 33.0. The number of rotatable bonds is 9. The standard InChI is InChI=1S/C34H43Cl2N3O4/c1-20(2)15-28(22-7-9-23(10-8-22)31(42)37-21(3)16-29(40)41)39-32(43)30(24-17-26(35)19-27(36)18-24)38-34(39)13-11-25(12-14-34)33(4,5)6/h7-10,17-21,25,28H,11-16H2,1-6H3,(H,37,42)(H,40,41)/t21-,25?,28?,34?/m1/s1. The van der Waals surface area contributed by atoms with E-state index in [0.29, 0.717) is 32.8 Å². The average molecular weight is 629 g/mol. The Labute approximate surface area is 265 Å². The number of carboxylic acids is 1. The van der Waals surface area contributed by atoms with Crippen LogP contribution in [0.5, 0.6) is 0 Å². The number of nitrogens with zero attached hydrogens (tertiary/aromatic N) is 2. The molecular weight excluding hydrogens is 585 g/mol. The largest absolute Gasteiger partial charge is 0.481 e. The zero-order valence-corrected chi connectivity index (χ0v) is 27.4. The maximum atomic E-state index is 14.5. The zero-order chi connectivity index (χ0) is 31.7. The van der Waals surface area contributed by atoms with Crippen LogP contribution in [0.3, 0.4) is 0 Å². The van der Waals surface area contributed by atoms with Gasteiger partial charge in [-0.1, -0.05) is 70.0 Å². The number of benzene rings is 2. The van der Waals surface area contributed by atoms with Gasteiger partial charge in [0, 0.05) is 27.2 Å². The number of aliphatic carboxylic acids is 1. The summed E-state index contributed by atoms with van der Waals surface area (Å²) in [4.78, 5) is 45.5. The van der Waals surface area contributed by atoms with Crippen LogP contribution < -0.4 is 5.32 Å². The van der Waals surface area contributed by atoms with Crippen LogP contribution in [0.15, 0.2) is 47.5 Å². The van der Waals surface area contributed by atoms with Crippen molar-refractivity contribution in [3.63, 3.8) is 0 Å². The number of carboxylic acid groups (broad SMARTS) is 1. The van der Waals surface area contributed by atoms with Crippen LogP contribution in [0.1, 0.15) is 108 Å². The number of hydrogen-bond acceptors (Lipinski definition) is 4. The highest BCUT2D eigenvalue weighted by Crippen LogP contribution is 2.50. The quantitative estimate of drug-likeness (QED) is 0.295. The van der Waals surface area contributed by atoms with Crippen molar-refractivity contribution in [3.05, 3.63) is 69.2 Å². The van der Waals surface area contributed by atoms with Crippen molar-refractivity contribution in [1.82, 2.24) is 10.2 Å². The smallest absolute Gasteiger partial charge is 0.305 e. The van der Waals surface area contributed by atoms with Gasteiger partial charge in [0.15, 0.2) is 0 Å². The Morgan fingerprint density at radius 1 is 1.05 bits per heavy atom. The van der Waals surface area contributed by atoms with Crippen molar-refractivity contribution in [2.75, 3.05) is 0 Å². The molecule has 2 N–H and O–H groups in total. The molecule has 2 aromatic rings. The second kappa shape index (κ2) is 13.0. The molecule has 2 atom stereocenters. The van der Waals surface area contributed by atoms with Crippen LogP contribution in [0.2, 0.25) is 10.0 Å². The minimum absolute atomic E-state index is 0.137. The number of hydrogen-bond donors (Lipinski definition) is 2. The van der Waals surface area contributed by atoms with Crippen molar-refractivity contribution < 1.29 is 19.5 Å². The number of halogens is 2. The minimum atomic E-state index is -0.970. The van der Waals surface area contributed by atoms with E-state index in [1.54, 1.807) is 37.3 Å². The molecular formula is C34H43Cl2N3O4. The van der Waals surface area contributed by atoms with Crippen LogP contribution in [0.4, 0.5) is 0 Å². The molecule has 1 unspecified atom stereocenters. The number of carbonyl (C=O) groups is 3. The van der Waals surface area contributed by atoms with E-state index in [1.165, 1.54) is 0 Å². The maximum absolute atomic E-state index is 14.5. The summed E-state index contributed by atoms with van der Waals surface area (Å²) >= 11 is 12.7. The lowest BCUT2D eigenvalue weighted by molar-refractivity contribution is -0.137. The highest BCUT2D eigenvalue weighted by molar-refractivity contribution is 6.47. The van der Waals surface area contributed by atoms with E-state index < -0.39 is 17.7 Å². The van der Waals surface area contributed by atoms with Gasteiger partial charge in [0.05, 0.1) is 12.5 Å². The lowest BCUT2D eigenvalue weighted by atomic mass is 9.69. The molecule has 0 radical (unpaired) electrons. The fourth-order valence-electron chi connectivity index (χ4n) is 6.54. The summed E-state index contributed by atoms with van der Waals surface area (Å²) in [6.45, 7) is 12.8. The second-order valence-electron chi connectivity index (χ2n) is 13.7. The van der Waals surface area contributed by atoms with Crippen molar-refractivity contribution in [1.29, 1.82) is 0 Å². The van der Waals surface area contributed by atoms with Gasteiger partial charge >= 0.3 is 5.97 Å². The van der Waals surface area contributed by atoms with Crippen LogP contribution in [0, 0.1) is 17.3 Å². The van der Waals surface area contributed by atoms with Gasteiger partial charge in [0.1, 0.15) is 11.4 Å². The molecule has 0 bridgehead atoms. The monoisotopic (exact) mass is 627 g/mol. The Kier molecular flexibility index (Phi) is 9.97. The van der Waals surface area contributed by atoms with Crippen LogP contribution >= 0.6 is 23.2 Å². The highest BCUT2D eigenvalue weighted by Gasteiger charge is 2.52. The van der Waals surface area contributed by atoms with Gasteiger partial charge in [-0.25, -0.2) is 0 Å². The van der Waals surface area contributed by atoms with Crippen LogP contribution in [-0.2, 0) is 9.59 Å². The van der Waals surface area contributed by atoms with E-state index in [9.17, 15) is 14.4 Å². The number of nitrogens with one attached hydrogen (secondary N) is 1. The Morgan fingerprint density at radius 3 is 2.14 bits per heavy atom. The highest BCUT2D eigenvalue weighted by atomic mass is 35.5. The van der Waals surface area contributed by atoms with E-state index in [4.69, 9.17) is 33.3 Å². The molecule has 1 fully saturated rings. The van der Waals surface area contributed by atoms with E-state index in [-0.39, 0.29) is 35.6 Å². The zero-order valence-electron chi connectivity index (χ0n) is 25.9. The molecule has 1 aliphatic heterocycles. The predicted molar refractivity (Wildman–Crippen MR) is 172 cm³/mol. The molecule has 1 saturated carbocycles. The third kappa shape index (κ3) is 7.61. The third-order valence-corrected chi connectivity index (χ3v) is 9.20. The molecule has 1 aliphatic carbocycles. The van der Waals surface area contributed by atoms with Crippen molar-refractivity contribution in [3.8, 4) is 0 Å². The Bertz CT molecular complexity index is 1370. The van der Waals surface area contributed by atoms with Gasteiger partial charge in [-0.3, -0.25) is 19.4 Å². The van der Waals surface area contributed by atoms with Gasteiger partial charge in [-0.2, -0.15) is 0 Å². The summed E-state index contributed by atoms with van der Waals surface area (Å²) in [7, 11) is 0. The molecule has 2 aliphatic rings. The fourth-order valence-corrected chi connectivity index (χ4v) is 7.06. The van der Waals surface area contributed by atoms with Crippen molar-refractivity contribution in [2.24, 2.45) is 22.2 Å². The molecule has 9 heteroatoms. The topological polar surface area (TPSA) is 99.1 Å². The summed E-state index contributed by atoms with van der Waals surface area (Å²) < 4.78 is 0. The molecule has 1 heterocycles. The predicted octanol–water partition coefficient (Wildman–Crippen LogP) is 7.94. The third-order valence-electron chi connectivity index (χ3n) is 8.76.